The number of nitrogens with one attached hydrogen (secondary N) is 1. The van der Waals surface area contributed by atoms with Crippen LogP contribution in [0.25, 0.3) is 6.08 Å². The number of hydrogen-bond donors (Lipinski definition) is 1. The predicted molar refractivity (Wildman–Crippen MR) is 108 cm³/mol. The first-order valence-electron chi connectivity index (χ1n) is 8.95. The van der Waals surface area contributed by atoms with Crippen molar-refractivity contribution in [2.24, 2.45) is 0 Å². The minimum Gasteiger partial charge on any atom is -0.448 e. The number of ether oxygens (including phenoxy) is 1. The van der Waals surface area contributed by atoms with Gasteiger partial charge in [0.05, 0.1) is 16.0 Å². The molecule has 3 atom stereocenters. The molecule has 2 aliphatic heterocycles. The Hall–Kier alpha value is -2.87. The molecule has 28 heavy (non-hydrogen) atoms. The summed E-state index contributed by atoms with van der Waals surface area (Å²) in [4.78, 5) is 34.7. The Bertz CT molecular complexity index is 922. The number of thioether (sulfide) groups is 1. The fourth-order valence-electron chi connectivity index (χ4n) is 3.30. The number of carbonyl (C=O) groups is 2. The molecule has 2 fully saturated rings. The van der Waals surface area contributed by atoms with Gasteiger partial charge in [-0.2, -0.15) is 0 Å². The lowest BCUT2D eigenvalue weighted by molar-refractivity contribution is -0.135. The first-order chi connectivity index (χ1) is 13.5. The van der Waals surface area contributed by atoms with Crippen LogP contribution in [0.2, 0.25) is 0 Å². The number of β-lactam (4-membered cyclic amide) rings is 1. The molecule has 0 aromatic carbocycles. The lowest BCUT2D eigenvalue weighted by Gasteiger charge is -2.39. The van der Waals surface area contributed by atoms with Gasteiger partial charge in [0.1, 0.15) is 12.0 Å². The summed E-state index contributed by atoms with van der Waals surface area (Å²) in [5.41, 5.74) is 2.12. The maximum atomic E-state index is 12.6. The Morgan fingerprint density at radius 3 is 2.82 bits per heavy atom. The average Bonchev–Trinajstić information content (AvgIpc) is 2.94. The van der Waals surface area contributed by atoms with E-state index >= 15 is 0 Å². The van der Waals surface area contributed by atoms with Crippen molar-refractivity contribution in [3.8, 4) is 0 Å². The van der Waals surface area contributed by atoms with Crippen LogP contribution in [0, 0.1) is 0 Å². The van der Waals surface area contributed by atoms with Crippen molar-refractivity contribution in [2.75, 3.05) is 11.9 Å². The number of aromatic nitrogens is 2. The zero-order valence-electron chi connectivity index (χ0n) is 15.5. The summed E-state index contributed by atoms with van der Waals surface area (Å²) < 4.78 is 5.06. The number of nitrogens with zero attached hydrogens (tertiary/aromatic N) is 3. The van der Waals surface area contributed by atoms with E-state index in [1.807, 2.05) is 43.0 Å². The Kier molecular flexibility index (Phi) is 4.80. The first-order valence-corrected chi connectivity index (χ1v) is 9.83. The number of anilines is 1. The molecular weight excluding hydrogens is 376 g/mol. The van der Waals surface area contributed by atoms with E-state index in [2.05, 4.69) is 15.3 Å². The smallest absolute Gasteiger partial charge is 0.411 e. The Morgan fingerprint density at radius 1 is 1.32 bits per heavy atom. The minimum absolute atomic E-state index is 0.0145. The molecular formula is C20H20N4O3S. The molecule has 0 spiro atoms. The molecule has 7 nitrogen and oxygen atoms in total. The largest absolute Gasteiger partial charge is 0.448 e. The van der Waals surface area contributed by atoms with Crippen molar-refractivity contribution in [1.82, 2.24) is 14.9 Å². The number of fused-ring (bicyclic) bond motifs is 1. The molecule has 2 aromatic rings. The second kappa shape index (κ2) is 7.27. The van der Waals surface area contributed by atoms with Gasteiger partial charge in [-0.25, -0.2) is 4.79 Å². The highest BCUT2D eigenvalue weighted by Crippen LogP contribution is 2.53. The molecule has 4 rings (SSSR count). The monoisotopic (exact) mass is 396 g/mol. The third kappa shape index (κ3) is 3.35. The van der Waals surface area contributed by atoms with Crippen LogP contribution in [0.5, 0.6) is 0 Å². The van der Waals surface area contributed by atoms with Crippen molar-refractivity contribution in [3.05, 3.63) is 60.2 Å². The van der Waals surface area contributed by atoms with Gasteiger partial charge < -0.3 is 9.64 Å². The summed E-state index contributed by atoms with van der Waals surface area (Å²) in [6.07, 6.45) is 6.21. The number of pyridine rings is 2. The number of hydrogen-bond acceptors (Lipinski definition) is 6. The van der Waals surface area contributed by atoms with Crippen LogP contribution >= 0.6 is 11.8 Å². The van der Waals surface area contributed by atoms with Gasteiger partial charge in [0.15, 0.2) is 0 Å². The second-order valence-electron chi connectivity index (χ2n) is 6.96. The van der Waals surface area contributed by atoms with Gasteiger partial charge in [0.25, 0.3) is 5.91 Å². The lowest BCUT2D eigenvalue weighted by atomic mass is 9.95. The van der Waals surface area contributed by atoms with Crippen molar-refractivity contribution >= 4 is 35.5 Å². The molecule has 2 aromatic heterocycles. The van der Waals surface area contributed by atoms with E-state index < -0.39 is 10.8 Å². The maximum absolute atomic E-state index is 12.6. The fourth-order valence-corrected chi connectivity index (χ4v) is 4.93. The highest BCUT2D eigenvalue weighted by Gasteiger charge is 2.59. The molecule has 2 aliphatic rings. The molecule has 2 saturated heterocycles. The third-order valence-electron chi connectivity index (χ3n) is 5.09. The Morgan fingerprint density at radius 2 is 2.11 bits per heavy atom. The standard InChI is InChI=1S/C20H20N4O3S/c1-13-20(2,12-27-19(26)23-14-6-9-21-10-7-14)28-18-16(17(25)24(13)18)11-15-5-3-4-8-22-15/h3-11,13,18H,12H2,1-2H3,(H,21,23,26)/b16-11-/t13-,18?,20?/m0/s1. The van der Waals surface area contributed by atoms with Crippen LogP contribution < -0.4 is 5.32 Å². The molecule has 0 radical (unpaired) electrons. The van der Waals surface area contributed by atoms with E-state index in [-0.39, 0.29) is 23.9 Å². The second-order valence-corrected chi connectivity index (χ2v) is 8.58. The Balaban J connectivity index is 1.41. The quantitative estimate of drug-likeness (QED) is 0.631. The molecule has 0 bridgehead atoms. The third-order valence-corrected chi connectivity index (χ3v) is 6.79. The highest BCUT2D eigenvalue weighted by atomic mass is 32.2. The summed E-state index contributed by atoms with van der Waals surface area (Å²) in [7, 11) is 0. The molecule has 2 unspecified atom stereocenters. The highest BCUT2D eigenvalue weighted by molar-refractivity contribution is 8.02. The lowest BCUT2D eigenvalue weighted by Crippen LogP contribution is -2.55. The molecule has 2 amide bonds. The summed E-state index contributed by atoms with van der Waals surface area (Å²) in [6.45, 7) is 4.21. The first kappa shape index (κ1) is 18.5. The van der Waals surface area contributed by atoms with E-state index in [4.69, 9.17) is 4.74 Å². The molecule has 0 saturated carbocycles. The van der Waals surface area contributed by atoms with E-state index in [1.54, 1.807) is 42.5 Å². The van der Waals surface area contributed by atoms with Gasteiger partial charge in [0.2, 0.25) is 0 Å². The zero-order chi connectivity index (χ0) is 19.7. The summed E-state index contributed by atoms with van der Waals surface area (Å²) in [6, 6.07) is 8.94. The summed E-state index contributed by atoms with van der Waals surface area (Å²) in [5.74, 6) is 0.0145. The van der Waals surface area contributed by atoms with Gasteiger partial charge in [-0.3, -0.25) is 20.1 Å². The minimum atomic E-state index is -0.523. The molecule has 1 N–H and O–H groups in total. The average molecular weight is 396 g/mol. The van der Waals surface area contributed by atoms with Gasteiger partial charge in [0, 0.05) is 30.3 Å². The topological polar surface area (TPSA) is 84.4 Å². The van der Waals surface area contributed by atoms with Crippen molar-refractivity contribution < 1.29 is 14.3 Å². The van der Waals surface area contributed by atoms with Crippen molar-refractivity contribution in [3.63, 3.8) is 0 Å². The van der Waals surface area contributed by atoms with Crippen LogP contribution in [0.3, 0.4) is 0 Å². The summed E-state index contributed by atoms with van der Waals surface area (Å²) >= 11 is 1.64. The maximum Gasteiger partial charge on any atom is 0.411 e. The zero-order valence-corrected chi connectivity index (χ0v) is 16.3. The normalized spacial score (nSPS) is 27.3. The van der Waals surface area contributed by atoms with E-state index in [0.29, 0.717) is 5.69 Å². The van der Waals surface area contributed by atoms with Gasteiger partial charge in [-0.1, -0.05) is 6.07 Å². The van der Waals surface area contributed by atoms with Crippen LogP contribution in [0.1, 0.15) is 19.5 Å². The molecule has 8 heteroatoms. The number of rotatable bonds is 4. The van der Waals surface area contributed by atoms with Crippen molar-refractivity contribution in [1.29, 1.82) is 0 Å². The van der Waals surface area contributed by atoms with Crippen LogP contribution in [-0.2, 0) is 9.53 Å². The van der Waals surface area contributed by atoms with E-state index in [9.17, 15) is 9.59 Å². The molecule has 144 valence electrons. The van der Waals surface area contributed by atoms with Gasteiger partial charge in [-0.15, -0.1) is 11.8 Å². The summed E-state index contributed by atoms with van der Waals surface area (Å²) in [5, 5.41) is 2.64. The van der Waals surface area contributed by atoms with Crippen LogP contribution in [-0.4, -0.2) is 49.6 Å². The van der Waals surface area contributed by atoms with E-state index in [1.165, 1.54) is 0 Å². The Labute approximate surface area is 167 Å². The van der Waals surface area contributed by atoms with E-state index in [0.717, 1.165) is 11.3 Å². The SMILES string of the molecule is C[C@@H]1N2C(=O)/C(=C/c3ccccn3)C2SC1(C)COC(=O)Nc1ccncc1. The number of carbonyl (C=O) groups excluding carboxylic acids is 2. The predicted octanol–water partition coefficient (Wildman–Crippen LogP) is 3.17. The van der Waals surface area contributed by atoms with Crippen LogP contribution in [0.4, 0.5) is 10.5 Å². The van der Waals surface area contributed by atoms with Gasteiger partial charge >= 0.3 is 6.09 Å². The van der Waals surface area contributed by atoms with Gasteiger partial charge in [-0.05, 0) is 44.2 Å². The molecule has 0 aliphatic carbocycles. The fraction of sp³-hybridized carbons (Fsp3) is 0.300. The molecule has 4 heterocycles. The van der Waals surface area contributed by atoms with Crippen LogP contribution in [0.15, 0.2) is 54.5 Å². The number of amides is 2. The van der Waals surface area contributed by atoms with Crippen molar-refractivity contribution in [2.45, 2.75) is 30.0 Å².